The monoisotopic (exact) mass is 587 g/mol. The lowest BCUT2D eigenvalue weighted by molar-refractivity contribution is -0.946. The van der Waals surface area contributed by atoms with Crippen LogP contribution in [0.4, 0.5) is 25.0 Å². The first kappa shape index (κ1) is 30.2. The molecule has 0 spiro atoms. The largest absolute Gasteiger partial charge is 1.00 e. The number of hydrogen-bond acceptors (Lipinski definition) is 5. The minimum absolute atomic E-state index is 0. The van der Waals surface area contributed by atoms with Crippen LogP contribution in [-0.2, 0) is 11.3 Å². The highest BCUT2D eigenvalue weighted by atomic mass is 35.5. The normalized spacial score (nSPS) is 21.0. The maximum Gasteiger partial charge on any atom is 0.415 e. The summed E-state index contributed by atoms with van der Waals surface area (Å²) < 4.78 is 40.8. The topological polar surface area (TPSA) is 81.9 Å². The lowest BCUT2D eigenvalue weighted by Gasteiger charge is -2.52. The lowest BCUT2D eigenvalue weighted by Crippen LogP contribution is -3.00. The molecule has 11 heteroatoms. The van der Waals surface area contributed by atoms with Crippen molar-refractivity contribution < 1.29 is 44.9 Å². The van der Waals surface area contributed by atoms with Gasteiger partial charge >= 0.3 is 6.09 Å². The molecule has 0 unspecified atom stereocenters. The second-order valence-electron chi connectivity index (χ2n) is 10.6. The zero-order valence-corrected chi connectivity index (χ0v) is 23.2. The van der Waals surface area contributed by atoms with E-state index in [4.69, 9.17) is 9.47 Å². The third kappa shape index (κ3) is 7.31. The van der Waals surface area contributed by atoms with E-state index >= 15 is 0 Å². The van der Waals surface area contributed by atoms with E-state index in [1.807, 2.05) is 0 Å². The van der Waals surface area contributed by atoms with E-state index in [9.17, 15) is 23.7 Å². The van der Waals surface area contributed by atoms with Crippen LogP contribution >= 0.6 is 0 Å². The standard InChI is InChI=1S/C30H32F2N3O5.ClH/c31-24-11-9-22(10-12-24)20-33(28-8-2-1-7-27(28)32)30(36)40-29-21-35(16-13-23(29)14-17-35)15-4-18-39-26-6-3-5-25(19-26)34(37)38;/h1-3,5-12,19,23,29H,4,13-18,20-21H2;1H/q+1;/p-1/t23?,29-,35?;/m0./s1. The number of nitro benzene ring substituents is 1. The summed E-state index contributed by atoms with van der Waals surface area (Å²) in [4.78, 5) is 25.3. The summed E-state index contributed by atoms with van der Waals surface area (Å²) in [6, 6.07) is 18.0. The number of nitro groups is 1. The highest BCUT2D eigenvalue weighted by molar-refractivity contribution is 5.87. The Labute approximate surface area is 243 Å². The number of rotatable bonds is 10. The summed E-state index contributed by atoms with van der Waals surface area (Å²) >= 11 is 0. The molecule has 41 heavy (non-hydrogen) atoms. The number of piperidine rings is 3. The summed E-state index contributed by atoms with van der Waals surface area (Å²) in [6.45, 7) is 3.96. The number of carbonyl (C=O) groups is 1. The van der Waals surface area contributed by atoms with E-state index < -0.39 is 16.8 Å². The molecular weight excluding hydrogens is 556 g/mol. The van der Waals surface area contributed by atoms with Crippen LogP contribution in [0.2, 0.25) is 0 Å². The quantitative estimate of drug-likeness (QED) is 0.158. The van der Waals surface area contributed by atoms with Crippen molar-refractivity contribution in [1.82, 2.24) is 0 Å². The minimum atomic E-state index is -0.625. The predicted molar refractivity (Wildman–Crippen MR) is 145 cm³/mol. The molecule has 8 nitrogen and oxygen atoms in total. The van der Waals surface area contributed by atoms with Gasteiger partial charge in [0.25, 0.3) is 5.69 Å². The number of quaternary nitrogens is 1. The van der Waals surface area contributed by atoms with Crippen molar-refractivity contribution in [3.63, 3.8) is 0 Å². The highest BCUT2D eigenvalue weighted by Gasteiger charge is 2.47. The fourth-order valence-corrected chi connectivity index (χ4v) is 5.83. The van der Waals surface area contributed by atoms with E-state index in [2.05, 4.69) is 0 Å². The number of carbonyl (C=O) groups excluding carboxylic acids is 1. The van der Waals surface area contributed by atoms with Gasteiger partial charge in [-0.25, -0.2) is 13.6 Å². The maximum absolute atomic E-state index is 14.8. The number of halogens is 3. The van der Waals surface area contributed by atoms with E-state index in [1.54, 1.807) is 36.4 Å². The van der Waals surface area contributed by atoms with Gasteiger partial charge in [-0.2, -0.15) is 0 Å². The zero-order chi connectivity index (χ0) is 28.1. The Morgan fingerprint density at radius 1 is 1.02 bits per heavy atom. The van der Waals surface area contributed by atoms with Gasteiger partial charge in [-0.05, 0) is 35.9 Å². The van der Waals surface area contributed by atoms with Gasteiger partial charge in [0.1, 0.15) is 23.9 Å². The third-order valence-corrected chi connectivity index (χ3v) is 7.99. The molecule has 3 fully saturated rings. The number of amides is 1. The van der Waals surface area contributed by atoms with Crippen LogP contribution in [0.1, 0.15) is 24.8 Å². The van der Waals surface area contributed by atoms with Crippen LogP contribution in [0.3, 0.4) is 0 Å². The van der Waals surface area contributed by atoms with Crippen molar-refractivity contribution in [3.05, 3.63) is 100 Å². The number of benzene rings is 3. The molecule has 0 aromatic heterocycles. The van der Waals surface area contributed by atoms with Crippen molar-refractivity contribution in [2.45, 2.75) is 31.9 Å². The van der Waals surface area contributed by atoms with Crippen LogP contribution in [-0.4, -0.2) is 54.4 Å². The molecule has 218 valence electrons. The van der Waals surface area contributed by atoms with Crippen molar-refractivity contribution in [2.75, 3.05) is 37.7 Å². The Balaban J connectivity index is 0.00000387. The summed E-state index contributed by atoms with van der Waals surface area (Å²) in [6.07, 6.45) is 1.69. The van der Waals surface area contributed by atoms with Gasteiger partial charge in [0, 0.05) is 31.2 Å². The van der Waals surface area contributed by atoms with Crippen molar-refractivity contribution >= 4 is 17.5 Å². The van der Waals surface area contributed by atoms with Crippen LogP contribution in [0, 0.1) is 27.7 Å². The number of para-hydroxylation sites is 1. The van der Waals surface area contributed by atoms with Crippen molar-refractivity contribution in [2.24, 2.45) is 5.92 Å². The third-order valence-electron chi connectivity index (χ3n) is 7.99. The Morgan fingerprint density at radius 2 is 1.76 bits per heavy atom. The van der Waals surface area contributed by atoms with Gasteiger partial charge < -0.3 is 26.4 Å². The number of hydrogen-bond donors (Lipinski definition) is 0. The van der Waals surface area contributed by atoms with Crippen LogP contribution in [0.15, 0.2) is 72.8 Å². The number of fused-ring (bicyclic) bond motifs is 3. The van der Waals surface area contributed by atoms with Crippen LogP contribution < -0.4 is 22.0 Å². The van der Waals surface area contributed by atoms with E-state index in [1.165, 1.54) is 41.3 Å². The molecule has 3 aliphatic heterocycles. The molecule has 1 amide bonds. The molecule has 3 aromatic rings. The Hall–Kier alpha value is -3.76. The summed E-state index contributed by atoms with van der Waals surface area (Å²) in [5, 5.41) is 11.0. The molecule has 3 heterocycles. The van der Waals surface area contributed by atoms with Gasteiger partial charge in [-0.1, -0.05) is 30.3 Å². The van der Waals surface area contributed by atoms with E-state index in [-0.39, 0.29) is 48.2 Å². The van der Waals surface area contributed by atoms with Crippen molar-refractivity contribution in [3.8, 4) is 5.75 Å². The molecule has 1 atom stereocenters. The molecule has 0 radical (unpaired) electrons. The SMILES string of the molecule is O=C(O[C@H]1C[N+]2(CCCOc3cccc([N+](=O)[O-])c3)CCC1CC2)N(Cc1ccc(F)cc1)c1ccccc1F.[Cl-]. The summed E-state index contributed by atoms with van der Waals surface area (Å²) in [5.41, 5.74) is 0.758. The summed E-state index contributed by atoms with van der Waals surface area (Å²) in [7, 11) is 0. The van der Waals surface area contributed by atoms with Crippen LogP contribution in [0.25, 0.3) is 0 Å². The fourth-order valence-electron chi connectivity index (χ4n) is 5.83. The van der Waals surface area contributed by atoms with E-state index in [0.717, 1.165) is 43.4 Å². The van der Waals surface area contributed by atoms with E-state index in [0.29, 0.717) is 24.5 Å². The average molecular weight is 588 g/mol. The zero-order valence-electron chi connectivity index (χ0n) is 22.5. The van der Waals surface area contributed by atoms with Gasteiger partial charge in [0.15, 0.2) is 6.10 Å². The average Bonchev–Trinajstić information content (AvgIpc) is 2.96. The second kappa shape index (κ2) is 13.3. The number of nitrogens with zero attached hydrogens (tertiary/aromatic N) is 3. The van der Waals surface area contributed by atoms with Gasteiger partial charge in [0.05, 0.1) is 49.5 Å². The molecular formula is C30H32ClF2N3O5. The van der Waals surface area contributed by atoms with Crippen molar-refractivity contribution in [1.29, 1.82) is 0 Å². The van der Waals surface area contributed by atoms with Gasteiger partial charge in [-0.3, -0.25) is 15.0 Å². The van der Waals surface area contributed by atoms with Crippen LogP contribution in [0.5, 0.6) is 5.75 Å². The first-order valence-electron chi connectivity index (χ1n) is 13.5. The molecule has 0 aliphatic carbocycles. The first-order chi connectivity index (χ1) is 19.3. The maximum atomic E-state index is 14.8. The minimum Gasteiger partial charge on any atom is -1.00 e. The summed E-state index contributed by atoms with van der Waals surface area (Å²) in [5.74, 6) is -0.214. The molecule has 0 N–H and O–H groups in total. The Morgan fingerprint density at radius 3 is 2.46 bits per heavy atom. The fraction of sp³-hybridized carbons (Fsp3) is 0.367. The Bertz CT molecular complexity index is 1350. The predicted octanol–water partition coefficient (Wildman–Crippen LogP) is 3.10. The van der Waals surface area contributed by atoms with Gasteiger partial charge in [0.2, 0.25) is 0 Å². The molecule has 3 saturated heterocycles. The first-order valence-corrected chi connectivity index (χ1v) is 13.5. The highest BCUT2D eigenvalue weighted by Crippen LogP contribution is 2.36. The number of anilines is 1. The Kier molecular flexibility index (Phi) is 9.77. The number of non-ortho nitro benzene ring substituents is 1. The van der Waals surface area contributed by atoms with Gasteiger partial charge in [-0.15, -0.1) is 0 Å². The molecule has 3 aromatic carbocycles. The lowest BCUT2D eigenvalue weighted by atomic mass is 9.83. The molecule has 6 rings (SSSR count). The molecule has 0 saturated carbocycles. The molecule has 2 bridgehead atoms. The second-order valence-corrected chi connectivity index (χ2v) is 10.6. The molecule has 3 aliphatic rings. The number of ether oxygens (including phenoxy) is 2. The smallest absolute Gasteiger partial charge is 0.415 e.